The van der Waals surface area contributed by atoms with E-state index in [9.17, 15) is 0 Å². The molecule has 0 saturated carbocycles. The molecule has 4 rings (SSSR count). The van der Waals surface area contributed by atoms with E-state index in [4.69, 9.17) is 0 Å². The van der Waals surface area contributed by atoms with Gasteiger partial charge < -0.3 is 9.80 Å². The summed E-state index contributed by atoms with van der Waals surface area (Å²) >= 11 is 0. The average Bonchev–Trinajstić information content (AvgIpc) is 3.00. The molecule has 0 bridgehead atoms. The van der Waals surface area contributed by atoms with Gasteiger partial charge in [0.15, 0.2) is 11.6 Å². The van der Waals surface area contributed by atoms with Gasteiger partial charge in [0.2, 0.25) is 0 Å². The van der Waals surface area contributed by atoms with Crippen molar-refractivity contribution in [1.82, 2.24) is 29.9 Å². The number of nitrogens with zero attached hydrogens (tertiary/aromatic N) is 8. The highest BCUT2D eigenvalue weighted by Crippen LogP contribution is 2.18. The van der Waals surface area contributed by atoms with Gasteiger partial charge in [-0.15, -0.1) is 10.2 Å². The Hall–Kier alpha value is -3.03. The van der Waals surface area contributed by atoms with Crippen LogP contribution in [0.2, 0.25) is 0 Å². The lowest BCUT2D eigenvalue weighted by Gasteiger charge is -2.35. The molecule has 1 aliphatic rings. The van der Waals surface area contributed by atoms with Crippen LogP contribution in [0.15, 0.2) is 30.6 Å². The van der Waals surface area contributed by atoms with Crippen LogP contribution in [0.5, 0.6) is 0 Å². The lowest BCUT2D eigenvalue weighted by atomic mass is 10.3. The maximum atomic E-state index is 4.56. The summed E-state index contributed by atoms with van der Waals surface area (Å²) in [6, 6.07) is 6.02. The minimum absolute atomic E-state index is 0.744. The Kier molecular flexibility index (Phi) is 4.24. The van der Waals surface area contributed by atoms with Crippen LogP contribution in [0, 0.1) is 20.8 Å². The summed E-state index contributed by atoms with van der Waals surface area (Å²) in [5, 5.41) is 13.2. The second-order valence-corrected chi connectivity index (χ2v) is 6.58. The first kappa shape index (κ1) is 16.4. The number of anilines is 2. The van der Waals surface area contributed by atoms with Crippen LogP contribution in [0.25, 0.3) is 5.82 Å². The number of rotatable bonds is 3. The first-order chi connectivity index (χ1) is 12.6. The number of aryl methyl sites for hydroxylation is 3. The van der Waals surface area contributed by atoms with Gasteiger partial charge in [-0.1, -0.05) is 0 Å². The van der Waals surface area contributed by atoms with Crippen molar-refractivity contribution in [2.75, 3.05) is 36.0 Å². The van der Waals surface area contributed by atoms with Gasteiger partial charge >= 0.3 is 0 Å². The fraction of sp³-hybridized carbons (Fsp3) is 0.389. The molecule has 0 radical (unpaired) electrons. The zero-order chi connectivity index (χ0) is 18.1. The van der Waals surface area contributed by atoms with E-state index in [1.165, 1.54) is 0 Å². The molecule has 3 aromatic rings. The molecule has 0 N–H and O–H groups in total. The molecule has 0 aliphatic carbocycles. The molecule has 1 fully saturated rings. The maximum Gasteiger partial charge on any atom is 0.176 e. The predicted octanol–water partition coefficient (Wildman–Crippen LogP) is 1.70. The van der Waals surface area contributed by atoms with Crippen molar-refractivity contribution in [3.05, 3.63) is 47.7 Å². The Bertz CT molecular complexity index is 894. The molecule has 8 nitrogen and oxygen atoms in total. The predicted molar refractivity (Wildman–Crippen MR) is 99.8 cm³/mol. The van der Waals surface area contributed by atoms with E-state index in [0.29, 0.717) is 0 Å². The molecule has 134 valence electrons. The van der Waals surface area contributed by atoms with Gasteiger partial charge in [-0.2, -0.15) is 5.10 Å². The molecule has 0 amide bonds. The van der Waals surface area contributed by atoms with E-state index < -0.39 is 0 Å². The van der Waals surface area contributed by atoms with Crippen molar-refractivity contribution in [1.29, 1.82) is 0 Å². The van der Waals surface area contributed by atoms with E-state index in [-0.39, 0.29) is 0 Å². The van der Waals surface area contributed by atoms with E-state index in [2.05, 4.69) is 35.1 Å². The first-order valence-electron chi connectivity index (χ1n) is 8.76. The first-order valence-corrected chi connectivity index (χ1v) is 8.76. The van der Waals surface area contributed by atoms with Crippen LogP contribution in [-0.2, 0) is 0 Å². The highest BCUT2D eigenvalue weighted by atomic mass is 15.4. The van der Waals surface area contributed by atoms with Crippen LogP contribution >= 0.6 is 0 Å². The Morgan fingerprint density at radius 1 is 0.769 bits per heavy atom. The number of hydrogen-bond acceptors (Lipinski definition) is 7. The highest BCUT2D eigenvalue weighted by Gasteiger charge is 2.20. The summed E-state index contributed by atoms with van der Waals surface area (Å²) in [6.45, 7) is 9.49. The molecular weight excluding hydrogens is 328 g/mol. The second kappa shape index (κ2) is 6.70. The summed E-state index contributed by atoms with van der Waals surface area (Å²) in [4.78, 5) is 13.3. The molecule has 4 heterocycles. The largest absolute Gasteiger partial charge is 0.352 e. The molecule has 0 aromatic carbocycles. The van der Waals surface area contributed by atoms with Gasteiger partial charge in [-0.3, -0.25) is 4.98 Å². The van der Waals surface area contributed by atoms with E-state index in [1.54, 1.807) is 6.20 Å². The summed E-state index contributed by atoms with van der Waals surface area (Å²) < 4.78 is 1.82. The smallest absolute Gasteiger partial charge is 0.176 e. The van der Waals surface area contributed by atoms with Crippen molar-refractivity contribution in [2.24, 2.45) is 0 Å². The number of aromatic nitrogens is 6. The fourth-order valence-corrected chi connectivity index (χ4v) is 3.23. The summed E-state index contributed by atoms with van der Waals surface area (Å²) in [7, 11) is 0. The van der Waals surface area contributed by atoms with Crippen molar-refractivity contribution >= 4 is 11.6 Å². The van der Waals surface area contributed by atoms with Crippen LogP contribution in [0.3, 0.4) is 0 Å². The number of piperazine rings is 1. The van der Waals surface area contributed by atoms with E-state index in [0.717, 1.165) is 60.7 Å². The highest BCUT2D eigenvalue weighted by molar-refractivity contribution is 5.44. The molecule has 1 aliphatic heterocycles. The van der Waals surface area contributed by atoms with Crippen LogP contribution in [0.4, 0.5) is 11.6 Å². The molecule has 0 unspecified atom stereocenters. The van der Waals surface area contributed by atoms with Crippen molar-refractivity contribution in [2.45, 2.75) is 20.8 Å². The Morgan fingerprint density at radius 3 is 2.00 bits per heavy atom. The summed E-state index contributed by atoms with van der Waals surface area (Å²) in [5.74, 6) is 2.58. The third-order valence-corrected chi connectivity index (χ3v) is 4.53. The third-order valence-electron chi connectivity index (χ3n) is 4.53. The molecule has 26 heavy (non-hydrogen) atoms. The van der Waals surface area contributed by atoms with Crippen LogP contribution in [0.1, 0.15) is 17.1 Å². The standard InChI is InChI=1S/C18H22N8/c1-13-10-15(3)26(23-13)17-5-4-16(21-22-17)24-6-8-25(9-7-24)18-12-19-11-14(2)20-18/h4-5,10-12H,6-9H2,1-3H3. The Morgan fingerprint density at radius 2 is 1.42 bits per heavy atom. The fourth-order valence-electron chi connectivity index (χ4n) is 3.23. The van der Waals surface area contributed by atoms with Gasteiger partial charge in [-0.25, -0.2) is 9.67 Å². The quantitative estimate of drug-likeness (QED) is 0.711. The zero-order valence-electron chi connectivity index (χ0n) is 15.3. The topological polar surface area (TPSA) is 75.9 Å². The minimum atomic E-state index is 0.744. The average molecular weight is 350 g/mol. The van der Waals surface area contributed by atoms with Gasteiger partial charge in [0.05, 0.1) is 17.6 Å². The molecular formula is C18H22N8. The summed E-state index contributed by atoms with van der Waals surface area (Å²) in [5.41, 5.74) is 2.97. The van der Waals surface area contributed by atoms with Gasteiger partial charge in [-0.05, 0) is 39.0 Å². The van der Waals surface area contributed by atoms with Gasteiger partial charge in [0, 0.05) is 38.1 Å². The van der Waals surface area contributed by atoms with Gasteiger partial charge in [0.25, 0.3) is 0 Å². The van der Waals surface area contributed by atoms with E-state index in [1.807, 2.05) is 49.8 Å². The molecule has 1 saturated heterocycles. The third kappa shape index (κ3) is 3.22. The van der Waals surface area contributed by atoms with Crippen molar-refractivity contribution < 1.29 is 0 Å². The Balaban J connectivity index is 1.44. The zero-order valence-corrected chi connectivity index (χ0v) is 15.3. The molecule has 0 atom stereocenters. The molecule has 3 aromatic heterocycles. The summed E-state index contributed by atoms with van der Waals surface area (Å²) in [6.07, 6.45) is 3.60. The second-order valence-electron chi connectivity index (χ2n) is 6.58. The van der Waals surface area contributed by atoms with Gasteiger partial charge in [0.1, 0.15) is 5.82 Å². The lowest BCUT2D eigenvalue weighted by molar-refractivity contribution is 0.635. The van der Waals surface area contributed by atoms with E-state index >= 15 is 0 Å². The van der Waals surface area contributed by atoms with Crippen molar-refractivity contribution in [3.8, 4) is 5.82 Å². The van der Waals surface area contributed by atoms with Crippen LogP contribution < -0.4 is 9.80 Å². The minimum Gasteiger partial charge on any atom is -0.352 e. The molecule has 0 spiro atoms. The number of hydrogen-bond donors (Lipinski definition) is 0. The monoisotopic (exact) mass is 350 g/mol. The van der Waals surface area contributed by atoms with Crippen LogP contribution in [-0.4, -0.2) is 56.1 Å². The SMILES string of the molecule is Cc1cncc(N2CCN(c3ccc(-n4nc(C)cc4C)nn3)CC2)n1. The van der Waals surface area contributed by atoms with Crippen molar-refractivity contribution in [3.63, 3.8) is 0 Å². The normalized spacial score (nSPS) is 14.7. The maximum absolute atomic E-state index is 4.56. The Labute approximate surface area is 152 Å². The lowest BCUT2D eigenvalue weighted by Crippen LogP contribution is -2.47. The molecule has 8 heteroatoms.